The Labute approximate surface area is 239 Å². The largest absolute Gasteiger partial charge is 0.480 e. The van der Waals surface area contributed by atoms with E-state index in [1.54, 1.807) is 0 Å². The number of ether oxygens (including phenoxy) is 2. The highest BCUT2D eigenvalue weighted by Gasteiger charge is 2.45. The normalized spacial score (nSPS) is 19.1. The molecule has 3 saturated heterocycles. The summed E-state index contributed by atoms with van der Waals surface area (Å²) in [5.74, 6) is -0.792. The summed E-state index contributed by atoms with van der Waals surface area (Å²) in [6.07, 6.45) is 2.10. The highest BCUT2D eigenvalue weighted by atomic mass is 35.5. The standard InChI is InChI=1S/C28H31ClF4N6O2/c1-40-25-19-23(21(30)22(35-25)17-13-16(34)14-18(29)20(17)28(31,32)33)36-26(37-24(19)38-9-3-2-4-10-38)41-15-27-7-5-11-39(27)12-6-8-27/h13-14H,2-12,15,34H2,1H3. The molecule has 0 saturated carbocycles. The number of hydrogen-bond acceptors (Lipinski definition) is 8. The van der Waals surface area contributed by atoms with Gasteiger partial charge in [0.25, 0.3) is 0 Å². The second-order valence-corrected chi connectivity index (χ2v) is 11.4. The molecule has 220 valence electrons. The van der Waals surface area contributed by atoms with Crippen molar-refractivity contribution in [1.29, 1.82) is 0 Å². The van der Waals surface area contributed by atoms with E-state index >= 15 is 4.39 Å². The zero-order valence-electron chi connectivity index (χ0n) is 22.7. The maximum atomic E-state index is 16.4. The second kappa shape index (κ2) is 10.6. The van der Waals surface area contributed by atoms with E-state index in [1.807, 2.05) is 4.90 Å². The molecule has 0 atom stereocenters. The third-order valence-electron chi connectivity index (χ3n) is 8.49. The SMILES string of the molecule is COc1nc(-c2cc(N)cc(Cl)c2C(F)(F)F)c(F)c2nc(OCC34CCCN3CCC4)nc(N3CCCCC3)c12. The maximum absolute atomic E-state index is 16.4. The van der Waals surface area contributed by atoms with E-state index in [1.165, 1.54) is 7.11 Å². The van der Waals surface area contributed by atoms with Gasteiger partial charge < -0.3 is 20.1 Å². The third kappa shape index (κ3) is 4.98. The summed E-state index contributed by atoms with van der Waals surface area (Å²) in [7, 11) is 1.32. The summed E-state index contributed by atoms with van der Waals surface area (Å²) in [5, 5.41) is -0.488. The lowest BCUT2D eigenvalue weighted by molar-refractivity contribution is -0.137. The lowest BCUT2D eigenvalue weighted by Gasteiger charge is -2.32. The molecule has 0 unspecified atom stereocenters. The van der Waals surface area contributed by atoms with Crippen molar-refractivity contribution in [3.05, 3.63) is 28.5 Å². The number of nitrogen functional groups attached to an aromatic ring is 1. The van der Waals surface area contributed by atoms with Gasteiger partial charge in [0.1, 0.15) is 29.0 Å². The number of anilines is 2. The van der Waals surface area contributed by atoms with Gasteiger partial charge in [-0.1, -0.05) is 11.6 Å². The Kier molecular flexibility index (Phi) is 7.25. The van der Waals surface area contributed by atoms with Gasteiger partial charge in [0.05, 0.1) is 23.2 Å². The number of piperidine rings is 1. The van der Waals surface area contributed by atoms with Crippen LogP contribution < -0.4 is 20.1 Å². The molecule has 5 heterocycles. The molecule has 2 aromatic heterocycles. The minimum absolute atomic E-state index is 0.0362. The highest BCUT2D eigenvalue weighted by molar-refractivity contribution is 6.32. The maximum Gasteiger partial charge on any atom is 0.418 e. The molecule has 3 aliphatic heterocycles. The Bertz CT molecular complexity index is 1470. The van der Waals surface area contributed by atoms with Crippen molar-refractivity contribution in [3.8, 4) is 23.1 Å². The van der Waals surface area contributed by atoms with Gasteiger partial charge in [-0.2, -0.15) is 23.1 Å². The van der Waals surface area contributed by atoms with Gasteiger partial charge in [-0.15, -0.1) is 0 Å². The van der Waals surface area contributed by atoms with Gasteiger partial charge in [-0.3, -0.25) is 4.90 Å². The molecular formula is C28H31ClF4N6O2. The van der Waals surface area contributed by atoms with Gasteiger partial charge in [-0.05, 0) is 70.2 Å². The highest BCUT2D eigenvalue weighted by Crippen LogP contribution is 2.46. The number of halogens is 5. The number of nitrogens with two attached hydrogens (primary N) is 1. The summed E-state index contributed by atoms with van der Waals surface area (Å²) in [4.78, 5) is 17.8. The summed E-state index contributed by atoms with van der Waals surface area (Å²) < 4.78 is 70.5. The molecule has 6 rings (SSSR count). The van der Waals surface area contributed by atoms with E-state index in [2.05, 4.69) is 14.9 Å². The average Bonchev–Trinajstić information content (AvgIpc) is 3.52. The number of fused-ring (bicyclic) bond motifs is 2. The fourth-order valence-corrected chi connectivity index (χ4v) is 6.93. The number of benzene rings is 1. The van der Waals surface area contributed by atoms with Crippen molar-refractivity contribution in [3.63, 3.8) is 0 Å². The zero-order chi connectivity index (χ0) is 28.9. The van der Waals surface area contributed by atoms with E-state index < -0.39 is 33.8 Å². The molecule has 8 nitrogen and oxygen atoms in total. The van der Waals surface area contributed by atoms with Crippen LogP contribution in [0.15, 0.2) is 12.1 Å². The number of aromatic nitrogens is 3. The van der Waals surface area contributed by atoms with Crippen LogP contribution in [0.1, 0.15) is 50.5 Å². The van der Waals surface area contributed by atoms with E-state index in [0.717, 1.165) is 70.2 Å². The topological polar surface area (TPSA) is 89.6 Å². The van der Waals surface area contributed by atoms with Gasteiger partial charge in [0.15, 0.2) is 5.82 Å². The predicted octanol–water partition coefficient (Wildman–Crippen LogP) is 6.09. The molecule has 2 N–H and O–H groups in total. The van der Waals surface area contributed by atoms with Crippen molar-refractivity contribution in [2.45, 2.75) is 56.7 Å². The van der Waals surface area contributed by atoms with Crippen molar-refractivity contribution < 1.29 is 27.0 Å². The number of alkyl halides is 3. The average molecular weight is 595 g/mol. The Morgan fingerprint density at radius 2 is 1.71 bits per heavy atom. The van der Waals surface area contributed by atoms with Crippen molar-refractivity contribution >= 4 is 34.0 Å². The van der Waals surface area contributed by atoms with E-state index in [-0.39, 0.29) is 34.0 Å². The Morgan fingerprint density at radius 1 is 1.00 bits per heavy atom. The van der Waals surface area contributed by atoms with Crippen LogP contribution in [0.3, 0.4) is 0 Å². The van der Waals surface area contributed by atoms with Crippen LogP contribution in [0, 0.1) is 5.82 Å². The van der Waals surface area contributed by atoms with Crippen molar-refractivity contribution in [1.82, 2.24) is 19.9 Å². The molecule has 0 amide bonds. The van der Waals surface area contributed by atoms with Crippen LogP contribution in [0.4, 0.5) is 29.1 Å². The molecule has 1 aromatic carbocycles. The van der Waals surface area contributed by atoms with E-state index in [4.69, 9.17) is 31.8 Å². The minimum atomic E-state index is -4.90. The number of pyridine rings is 1. The first-order valence-corrected chi connectivity index (χ1v) is 14.2. The molecule has 0 bridgehead atoms. The summed E-state index contributed by atoms with van der Waals surface area (Å²) in [6, 6.07) is 1.94. The number of hydrogen-bond donors (Lipinski definition) is 1. The van der Waals surface area contributed by atoms with Gasteiger partial charge in [0, 0.05) is 24.3 Å². The summed E-state index contributed by atoms with van der Waals surface area (Å²) >= 11 is 5.97. The van der Waals surface area contributed by atoms with Gasteiger partial charge in [-0.25, -0.2) is 9.37 Å². The fraction of sp³-hybridized carbons (Fsp3) is 0.536. The fourth-order valence-electron chi connectivity index (χ4n) is 6.59. The molecule has 0 aliphatic carbocycles. The first kappa shape index (κ1) is 28.0. The smallest absolute Gasteiger partial charge is 0.418 e. The molecule has 3 aromatic rings. The van der Waals surface area contributed by atoms with Gasteiger partial charge in [0.2, 0.25) is 5.88 Å². The van der Waals surface area contributed by atoms with Crippen molar-refractivity contribution in [2.24, 2.45) is 0 Å². The van der Waals surface area contributed by atoms with Crippen LogP contribution in [0.5, 0.6) is 11.9 Å². The van der Waals surface area contributed by atoms with E-state index in [9.17, 15) is 13.2 Å². The first-order chi connectivity index (χ1) is 19.6. The molecular weight excluding hydrogens is 564 g/mol. The molecule has 13 heteroatoms. The van der Waals surface area contributed by atoms with Crippen LogP contribution in [-0.2, 0) is 6.18 Å². The van der Waals surface area contributed by atoms with Crippen LogP contribution in [0.25, 0.3) is 22.2 Å². The Hall–Kier alpha value is -3.12. The predicted molar refractivity (Wildman–Crippen MR) is 148 cm³/mol. The van der Waals surface area contributed by atoms with Crippen LogP contribution in [-0.4, -0.2) is 65.3 Å². The molecule has 0 spiro atoms. The zero-order valence-corrected chi connectivity index (χ0v) is 23.4. The summed E-state index contributed by atoms with van der Waals surface area (Å²) in [6.45, 7) is 3.69. The molecule has 3 aliphatic rings. The monoisotopic (exact) mass is 594 g/mol. The van der Waals surface area contributed by atoms with E-state index in [0.29, 0.717) is 25.5 Å². The molecule has 3 fully saturated rings. The Balaban J connectivity index is 1.54. The van der Waals surface area contributed by atoms with Crippen LogP contribution in [0.2, 0.25) is 5.02 Å². The van der Waals surface area contributed by atoms with Crippen molar-refractivity contribution in [2.75, 3.05) is 50.5 Å². The van der Waals surface area contributed by atoms with Gasteiger partial charge >= 0.3 is 12.2 Å². The number of methoxy groups -OCH3 is 1. The number of rotatable bonds is 6. The van der Waals surface area contributed by atoms with Crippen LogP contribution >= 0.6 is 11.6 Å². The summed E-state index contributed by atoms with van der Waals surface area (Å²) in [5.41, 5.74) is 2.95. The lowest BCUT2D eigenvalue weighted by Crippen LogP contribution is -2.43. The second-order valence-electron chi connectivity index (χ2n) is 11.0. The minimum Gasteiger partial charge on any atom is -0.480 e. The first-order valence-electron chi connectivity index (χ1n) is 13.9. The number of nitrogens with zero attached hydrogens (tertiary/aromatic N) is 5. The third-order valence-corrected chi connectivity index (χ3v) is 8.79. The quantitative estimate of drug-likeness (QED) is 0.271. The molecule has 41 heavy (non-hydrogen) atoms. The molecule has 0 radical (unpaired) electrons. The lowest BCUT2D eigenvalue weighted by atomic mass is 9.95. The Morgan fingerprint density at radius 3 is 2.37 bits per heavy atom.